The number of carbonyl (C=O) groups is 6. The van der Waals surface area contributed by atoms with Crippen LogP contribution >= 0.6 is 0 Å². The number of nitrogens with two attached hydrogens (primary N) is 2. The van der Waals surface area contributed by atoms with E-state index >= 15 is 0 Å². The lowest BCUT2D eigenvalue weighted by Gasteiger charge is -2.25. The number of hydrogen-bond acceptors (Lipinski definition) is 8. The van der Waals surface area contributed by atoms with Gasteiger partial charge in [0, 0.05) is 36.4 Å². The Bertz CT molecular complexity index is 1520. The smallest absolute Gasteiger partial charge is 0.326 e. The van der Waals surface area contributed by atoms with Gasteiger partial charge in [0.2, 0.25) is 23.6 Å². The Hall–Kier alpha value is -5.44. The number of primary amides is 1. The molecule has 4 unspecified atom stereocenters. The van der Waals surface area contributed by atoms with Gasteiger partial charge in [0.1, 0.15) is 23.9 Å². The van der Waals surface area contributed by atoms with Crippen LogP contribution in [0.4, 0.5) is 0 Å². The van der Waals surface area contributed by atoms with E-state index < -0.39 is 72.6 Å². The maximum absolute atomic E-state index is 13.5. The van der Waals surface area contributed by atoms with Crippen molar-refractivity contribution in [1.29, 1.82) is 0 Å². The summed E-state index contributed by atoms with van der Waals surface area (Å²) in [6.07, 6.45) is -0.0399. The topological polar surface area (TPSA) is 267 Å². The Morgan fingerprint density at radius 2 is 1.41 bits per heavy atom. The number of phenols is 1. The van der Waals surface area contributed by atoms with Gasteiger partial charge in [0.25, 0.3) is 0 Å². The quantitative estimate of drug-likeness (QED) is 0.0980. The molecule has 1 aromatic heterocycles. The lowest BCUT2D eigenvalue weighted by molar-refractivity contribution is -0.142. The maximum atomic E-state index is 13.5. The molecule has 0 saturated heterocycles. The first-order valence-electron chi connectivity index (χ1n) is 13.6. The number of nitrogens with one attached hydrogen (secondary N) is 4. The number of rotatable bonds is 16. The molecule has 0 fully saturated rings. The average molecular weight is 611 g/mol. The lowest BCUT2D eigenvalue weighted by atomic mass is 10.0. The molecule has 4 amide bonds. The van der Waals surface area contributed by atoms with Gasteiger partial charge >= 0.3 is 11.9 Å². The van der Waals surface area contributed by atoms with E-state index in [-0.39, 0.29) is 25.0 Å². The SMILES string of the molecule is NC(=O)CC(N)C(=O)NC(CCC(=O)O)C(=O)NC(Cc1c[nH]c2ccccc12)C(=O)NC(Cc1ccc(O)cc1)C(=O)O. The van der Waals surface area contributed by atoms with Crippen molar-refractivity contribution >= 4 is 46.5 Å². The molecule has 0 bridgehead atoms. The molecule has 3 rings (SSSR count). The number of hydrogen-bond donors (Lipinski definition) is 9. The number of carbonyl (C=O) groups excluding carboxylic acids is 4. The highest BCUT2D eigenvalue weighted by Gasteiger charge is 2.31. The molecule has 0 spiro atoms. The number of phenolic OH excluding ortho intramolecular Hbond substituents is 1. The molecule has 4 atom stereocenters. The summed E-state index contributed by atoms with van der Waals surface area (Å²) >= 11 is 0. The fourth-order valence-corrected chi connectivity index (χ4v) is 4.47. The molecular weight excluding hydrogens is 576 g/mol. The third-order valence-corrected chi connectivity index (χ3v) is 6.76. The minimum absolute atomic E-state index is 0.0220. The molecule has 3 aromatic rings. The van der Waals surface area contributed by atoms with E-state index in [2.05, 4.69) is 20.9 Å². The van der Waals surface area contributed by atoms with E-state index in [1.54, 1.807) is 30.5 Å². The number of amides is 4. The third-order valence-electron chi connectivity index (χ3n) is 6.76. The van der Waals surface area contributed by atoms with Crippen molar-refractivity contribution in [3.63, 3.8) is 0 Å². The normalized spacial score (nSPS) is 13.7. The molecule has 44 heavy (non-hydrogen) atoms. The zero-order valence-corrected chi connectivity index (χ0v) is 23.5. The highest BCUT2D eigenvalue weighted by Crippen LogP contribution is 2.20. The Kier molecular flexibility index (Phi) is 11.4. The first-order chi connectivity index (χ1) is 20.8. The van der Waals surface area contributed by atoms with Crippen LogP contribution < -0.4 is 27.4 Å². The van der Waals surface area contributed by atoms with Gasteiger partial charge in [-0.1, -0.05) is 30.3 Å². The van der Waals surface area contributed by atoms with Crippen LogP contribution in [0, 0.1) is 0 Å². The highest BCUT2D eigenvalue weighted by molar-refractivity contribution is 5.95. The van der Waals surface area contributed by atoms with Crippen molar-refractivity contribution in [2.45, 2.75) is 56.3 Å². The monoisotopic (exact) mass is 610 g/mol. The zero-order valence-electron chi connectivity index (χ0n) is 23.5. The molecule has 15 heteroatoms. The summed E-state index contributed by atoms with van der Waals surface area (Å²) in [6.45, 7) is 0. The van der Waals surface area contributed by atoms with E-state index in [4.69, 9.17) is 16.6 Å². The summed E-state index contributed by atoms with van der Waals surface area (Å²) in [5.74, 6) is -6.23. The summed E-state index contributed by atoms with van der Waals surface area (Å²) in [7, 11) is 0. The zero-order chi connectivity index (χ0) is 32.4. The number of aromatic hydroxyl groups is 1. The van der Waals surface area contributed by atoms with Crippen LogP contribution in [0.1, 0.15) is 30.4 Å². The Morgan fingerprint density at radius 1 is 0.795 bits per heavy atom. The van der Waals surface area contributed by atoms with Crippen LogP contribution in [0.15, 0.2) is 54.7 Å². The van der Waals surface area contributed by atoms with Gasteiger partial charge in [0.05, 0.1) is 12.5 Å². The number of benzene rings is 2. The number of fused-ring (bicyclic) bond motifs is 1. The third kappa shape index (κ3) is 9.55. The second-order valence-electron chi connectivity index (χ2n) is 10.2. The number of para-hydroxylation sites is 1. The van der Waals surface area contributed by atoms with Gasteiger partial charge in [-0.3, -0.25) is 24.0 Å². The molecule has 234 valence electrons. The minimum atomic E-state index is -1.47. The fraction of sp³-hybridized carbons (Fsp3) is 0.310. The van der Waals surface area contributed by atoms with Crippen LogP contribution in [0.2, 0.25) is 0 Å². The first kappa shape index (κ1) is 33.1. The van der Waals surface area contributed by atoms with Gasteiger partial charge in [-0.15, -0.1) is 0 Å². The summed E-state index contributed by atoms with van der Waals surface area (Å²) in [5, 5.41) is 36.5. The van der Waals surface area contributed by atoms with Gasteiger partial charge < -0.3 is 47.7 Å². The van der Waals surface area contributed by atoms with E-state index in [1.807, 2.05) is 0 Å². The van der Waals surface area contributed by atoms with E-state index in [0.717, 1.165) is 10.9 Å². The van der Waals surface area contributed by atoms with Gasteiger partial charge in [-0.2, -0.15) is 0 Å². The summed E-state index contributed by atoms with van der Waals surface area (Å²) in [4.78, 5) is 77.0. The molecule has 0 aliphatic rings. The lowest BCUT2D eigenvalue weighted by Crippen LogP contribution is -2.58. The molecule has 1 heterocycles. The Labute approximate surface area is 251 Å². The average Bonchev–Trinajstić information content (AvgIpc) is 3.37. The molecular formula is C29H34N6O9. The molecule has 0 radical (unpaired) electrons. The van der Waals surface area contributed by atoms with Crippen molar-refractivity contribution in [3.05, 3.63) is 65.9 Å². The summed E-state index contributed by atoms with van der Waals surface area (Å²) in [5.41, 5.74) is 12.6. The fourth-order valence-electron chi connectivity index (χ4n) is 4.47. The molecule has 0 aliphatic heterocycles. The standard InChI is InChI=1S/C29H34N6O9/c30-19(13-24(31)37)26(40)33-21(9-10-25(38)39)27(41)34-22(12-16-14-32-20-4-2-1-3-18(16)20)28(42)35-23(29(43)44)11-15-5-7-17(36)8-6-15/h1-8,14,19,21-23,32,36H,9-13,30H2,(H2,31,37)(H,33,40)(H,34,41)(H,35,42)(H,38,39)(H,43,44). The van der Waals surface area contributed by atoms with E-state index in [9.17, 15) is 39.0 Å². The van der Waals surface area contributed by atoms with Crippen molar-refractivity contribution in [2.75, 3.05) is 0 Å². The van der Waals surface area contributed by atoms with Crippen LogP contribution in [-0.2, 0) is 41.6 Å². The largest absolute Gasteiger partial charge is 0.508 e. The van der Waals surface area contributed by atoms with Crippen LogP contribution in [0.5, 0.6) is 5.75 Å². The van der Waals surface area contributed by atoms with Gasteiger partial charge in [-0.05, 0) is 35.7 Å². The minimum Gasteiger partial charge on any atom is -0.508 e. The second-order valence-corrected chi connectivity index (χ2v) is 10.2. The van der Waals surface area contributed by atoms with Crippen LogP contribution in [-0.4, -0.2) is 80.0 Å². The Balaban J connectivity index is 1.87. The van der Waals surface area contributed by atoms with E-state index in [1.165, 1.54) is 24.3 Å². The van der Waals surface area contributed by atoms with Crippen molar-refractivity contribution < 1.29 is 44.1 Å². The molecule has 0 saturated carbocycles. The van der Waals surface area contributed by atoms with E-state index in [0.29, 0.717) is 11.1 Å². The highest BCUT2D eigenvalue weighted by atomic mass is 16.4. The summed E-state index contributed by atoms with van der Waals surface area (Å²) < 4.78 is 0. The molecule has 15 nitrogen and oxygen atoms in total. The van der Waals surface area contributed by atoms with Crippen molar-refractivity contribution in [1.82, 2.24) is 20.9 Å². The number of carboxylic acid groups (broad SMARTS) is 2. The predicted octanol–water partition coefficient (Wildman–Crippen LogP) is -0.735. The van der Waals surface area contributed by atoms with Gasteiger partial charge in [-0.25, -0.2) is 4.79 Å². The number of aliphatic carboxylic acids is 2. The second kappa shape index (κ2) is 15.2. The number of carboxylic acids is 2. The Morgan fingerprint density at radius 3 is 2.05 bits per heavy atom. The number of aromatic amines is 1. The van der Waals surface area contributed by atoms with Crippen LogP contribution in [0.3, 0.4) is 0 Å². The number of aromatic nitrogens is 1. The molecule has 2 aromatic carbocycles. The molecule has 11 N–H and O–H groups in total. The van der Waals surface area contributed by atoms with Crippen LogP contribution in [0.25, 0.3) is 10.9 Å². The predicted molar refractivity (Wildman–Crippen MR) is 156 cm³/mol. The van der Waals surface area contributed by atoms with Crippen molar-refractivity contribution in [2.24, 2.45) is 11.5 Å². The summed E-state index contributed by atoms with van der Waals surface area (Å²) in [6, 6.07) is 7.26. The van der Waals surface area contributed by atoms with Crippen molar-refractivity contribution in [3.8, 4) is 5.75 Å². The maximum Gasteiger partial charge on any atom is 0.326 e. The first-order valence-corrected chi connectivity index (χ1v) is 13.6. The molecule has 0 aliphatic carbocycles. The number of H-pyrrole nitrogens is 1. The van der Waals surface area contributed by atoms with Gasteiger partial charge in [0.15, 0.2) is 0 Å².